The second kappa shape index (κ2) is 6.97. The van der Waals surface area contributed by atoms with Gasteiger partial charge in [0.25, 0.3) is 0 Å². The van der Waals surface area contributed by atoms with E-state index >= 15 is 0 Å². The van der Waals surface area contributed by atoms with Crippen molar-refractivity contribution in [3.05, 3.63) is 79.0 Å². The molecule has 0 N–H and O–H groups in total. The van der Waals surface area contributed by atoms with Gasteiger partial charge in [-0.2, -0.15) is 0 Å². The van der Waals surface area contributed by atoms with Crippen molar-refractivity contribution in [2.75, 3.05) is 0 Å². The first kappa shape index (κ1) is 20.7. The van der Waals surface area contributed by atoms with Crippen LogP contribution in [0.15, 0.2) is 83.4 Å². The number of hydrogen-bond donors (Lipinski definition) is 0. The predicted octanol–water partition coefficient (Wildman–Crippen LogP) is 6.38. The van der Waals surface area contributed by atoms with Gasteiger partial charge in [0.1, 0.15) is 11.2 Å². The topological polar surface area (TPSA) is 49.4 Å². The Morgan fingerprint density at radius 1 is 0.686 bits per heavy atom. The Bertz CT molecular complexity index is 1710. The molecule has 0 atom stereocenters. The summed E-state index contributed by atoms with van der Waals surface area (Å²) < 4.78 is 21.6. The number of pyridine rings is 1. The first-order valence-corrected chi connectivity index (χ1v) is 12.0. The van der Waals surface area contributed by atoms with E-state index in [0.717, 1.165) is 49.6 Å². The lowest BCUT2D eigenvalue weighted by molar-refractivity contribution is 0.00578. The molecule has 0 amide bonds. The lowest BCUT2D eigenvalue weighted by Crippen LogP contribution is -2.41. The number of para-hydroxylation sites is 3. The summed E-state index contributed by atoms with van der Waals surface area (Å²) in [6.45, 7) is 8.27. The highest BCUT2D eigenvalue weighted by molar-refractivity contribution is 6.65. The van der Waals surface area contributed by atoms with Crippen LogP contribution in [-0.2, 0) is 9.31 Å². The average Bonchev–Trinajstić information content (AvgIpc) is 3.46. The number of nitrogens with zero attached hydrogens (tertiary/aromatic N) is 2. The number of rotatable bonds is 2. The van der Waals surface area contributed by atoms with Gasteiger partial charge in [-0.25, -0.2) is 4.98 Å². The number of hydrogen-bond acceptors (Lipinski definition) is 4. The molecule has 0 aliphatic carbocycles. The van der Waals surface area contributed by atoms with Gasteiger partial charge in [0, 0.05) is 33.2 Å². The van der Waals surface area contributed by atoms with Crippen LogP contribution in [0.2, 0.25) is 0 Å². The highest BCUT2D eigenvalue weighted by Crippen LogP contribution is 2.39. The third-order valence-electron chi connectivity index (χ3n) is 7.72. The van der Waals surface area contributed by atoms with Gasteiger partial charge < -0.3 is 13.7 Å². The lowest BCUT2D eigenvalue weighted by Gasteiger charge is -2.32. The molecule has 5 nitrogen and oxygen atoms in total. The normalized spacial score (nSPS) is 17.3. The summed E-state index contributed by atoms with van der Waals surface area (Å²) >= 11 is 0. The molecular weight excluding hydrogens is 435 g/mol. The van der Waals surface area contributed by atoms with Gasteiger partial charge in [-0.3, -0.25) is 4.57 Å². The molecule has 6 aromatic rings. The number of benzene rings is 3. The van der Waals surface area contributed by atoms with Gasteiger partial charge in [0.2, 0.25) is 0 Å². The fourth-order valence-corrected chi connectivity index (χ4v) is 5.20. The van der Waals surface area contributed by atoms with Gasteiger partial charge in [-0.05, 0) is 52.0 Å². The molecule has 35 heavy (non-hydrogen) atoms. The largest absolute Gasteiger partial charge is 0.498 e. The molecule has 0 saturated carbocycles. The molecule has 4 heterocycles. The quantitative estimate of drug-likeness (QED) is 0.282. The summed E-state index contributed by atoms with van der Waals surface area (Å²) in [5, 5.41) is 4.39. The van der Waals surface area contributed by atoms with Gasteiger partial charge in [-0.1, -0.05) is 48.5 Å². The number of fused-ring (bicyclic) bond motifs is 6. The Kier molecular flexibility index (Phi) is 4.13. The summed E-state index contributed by atoms with van der Waals surface area (Å²) in [5.41, 5.74) is 4.64. The van der Waals surface area contributed by atoms with E-state index in [-0.39, 0.29) is 0 Å². The van der Waals surface area contributed by atoms with Crippen LogP contribution in [0.1, 0.15) is 27.7 Å². The van der Waals surface area contributed by atoms with Crippen molar-refractivity contribution in [2.45, 2.75) is 38.9 Å². The van der Waals surface area contributed by atoms with Crippen molar-refractivity contribution in [3.63, 3.8) is 0 Å². The third kappa shape index (κ3) is 2.81. The summed E-state index contributed by atoms with van der Waals surface area (Å²) in [6, 6.07) is 25.0. The van der Waals surface area contributed by atoms with Crippen LogP contribution in [0, 0.1) is 0 Å². The van der Waals surface area contributed by atoms with Crippen LogP contribution in [-0.4, -0.2) is 27.9 Å². The van der Waals surface area contributed by atoms with Crippen molar-refractivity contribution < 1.29 is 13.7 Å². The summed E-state index contributed by atoms with van der Waals surface area (Å²) in [4.78, 5) is 4.75. The molecule has 1 saturated heterocycles. The molecule has 172 valence electrons. The Balaban J connectivity index is 1.51. The molecule has 0 bridgehead atoms. The van der Waals surface area contributed by atoms with E-state index in [1.807, 2.05) is 24.4 Å². The minimum absolute atomic E-state index is 0.425. The average molecular weight is 460 g/mol. The molecule has 1 aliphatic heterocycles. The van der Waals surface area contributed by atoms with Gasteiger partial charge in [0.15, 0.2) is 5.58 Å². The van der Waals surface area contributed by atoms with Crippen LogP contribution in [0.25, 0.3) is 49.6 Å². The van der Waals surface area contributed by atoms with E-state index < -0.39 is 18.3 Å². The van der Waals surface area contributed by atoms with Gasteiger partial charge >= 0.3 is 7.12 Å². The molecule has 0 radical (unpaired) electrons. The smallest absolute Gasteiger partial charge is 0.454 e. The van der Waals surface area contributed by atoms with Crippen molar-refractivity contribution in [1.82, 2.24) is 9.55 Å². The zero-order chi connectivity index (χ0) is 23.9. The predicted molar refractivity (Wildman–Crippen MR) is 142 cm³/mol. The summed E-state index contributed by atoms with van der Waals surface area (Å²) in [6.07, 6.45) is 1.84. The maximum absolute atomic E-state index is 6.68. The maximum Gasteiger partial charge on any atom is 0.498 e. The van der Waals surface area contributed by atoms with Crippen LogP contribution >= 0.6 is 0 Å². The zero-order valence-corrected chi connectivity index (χ0v) is 20.2. The third-order valence-corrected chi connectivity index (χ3v) is 7.72. The number of aromatic nitrogens is 2. The minimum Gasteiger partial charge on any atom is -0.454 e. The molecule has 3 aromatic heterocycles. The van der Waals surface area contributed by atoms with E-state index in [1.165, 1.54) is 5.39 Å². The first-order chi connectivity index (χ1) is 16.9. The Hall–Kier alpha value is -3.61. The second-order valence-electron chi connectivity index (χ2n) is 10.3. The zero-order valence-electron chi connectivity index (χ0n) is 20.2. The Labute approximate surface area is 203 Å². The highest BCUT2D eigenvalue weighted by Gasteiger charge is 2.52. The summed E-state index contributed by atoms with van der Waals surface area (Å²) in [7, 11) is -0.498. The van der Waals surface area contributed by atoms with Crippen LogP contribution in [0.4, 0.5) is 0 Å². The van der Waals surface area contributed by atoms with E-state index in [9.17, 15) is 0 Å². The lowest BCUT2D eigenvalue weighted by atomic mass is 9.78. The Morgan fingerprint density at radius 3 is 2.14 bits per heavy atom. The molecule has 1 aliphatic rings. The molecule has 1 fully saturated rings. The van der Waals surface area contributed by atoms with Crippen LogP contribution in [0.3, 0.4) is 0 Å². The van der Waals surface area contributed by atoms with Crippen molar-refractivity contribution >= 4 is 56.5 Å². The molecule has 6 heteroatoms. The van der Waals surface area contributed by atoms with E-state index in [2.05, 4.69) is 86.9 Å². The standard InChI is InChI=1S/C29H25BN2O3/c1-28(2)29(3,4)35-30(34-28)22-14-7-11-19-20-12-8-16-24(26(20)33-25(19)22)32-23-15-6-5-10-18(23)21-13-9-17-31-27(21)32/h5-17H,1-4H3. The van der Waals surface area contributed by atoms with Crippen molar-refractivity contribution in [2.24, 2.45) is 0 Å². The molecule has 0 unspecified atom stereocenters. The fraction of sp³-hybridized carbons (Fsp3) is 0.207. The number of furan rings is 1. The molecule has 7 rings (SSSR count). The van der Waals surface area contributed by atoms with Crippen LogP contribution in [0.5, 0.6) is 0 Å². The second-order valence-corrected chi connectivity index (χ2v) is 10.3. The van der Waals surface area contributed by atoms with Crippen molar-refractivity contribution in [3.8, 4) is 5.69 Å². The Morgan fingerprint density at radius 2 is 1.34 bits per heavy atom. The monoisotopic (exact) mass is 460 g/mol. The fourth-order valence-electron chi connectivity index (χ4n) is 5.20. The molecule has 0 spiro atoms. The molecule has 3 aromatic carbocycles. The highest BCUT2D eigenvalue weighted by atomic mass is 16.7. The van der Waals surface area contributed by atoms with E-state index in [1.54, 1.807) is 0 Å². The van der Waals surface area contributed by atoms with Crippen molar-refractivity contribution in [1.29, 1.82) is 0 Å². The molecular formula is C29H25BN2O3. The van der Waals surface area contributed by atoms with Gasteiger partial charge in [0.05, 0.1) is 22.4 Å². The first-order valence-electron chi connectivity index (χ1n) is 12.0. The van der Waals surface area contributed by atoms with Gasteiger partial charge in [-0.15, -0.1) is 0 Å². The van der Waals surface area contributed by atoms with Crippen LogP contribution < -0.4 is 5.46 Å². The van der Waals surface area contributed by atoms with E-state index in [4.69, 9.17) is 18.7 Å². The minimum atomic E-state index is -0.498. The maximum atomic E-state index is 6.68. The SMILES string of the molecule is CC1(C)OB(c2cccc3c2oc2c(-n4c5ccccc5c5cccnc54)cccc23)OC1(C)C. The summed E-state index contributed by atoms with van der Waals surface area (Å²) in [5.74, 6) is 0. The van der Waals surface area contributed by atoms with E-state index in [0.29, 0.717) is 0 Å².